The Labute approximate surface area is 169 Å². The van der Waals surface area contributed by atoms with E-state index >= 15 is 0 Å². The minimum atomic E-state index is -0.809. The van der Waals surface area contributed by atoms with E-state index in [1.54, 1.807) is 0 Å². The second-order valence-corrected chi connectivity index (χ2v) is 8.76. The zero-order valence-electron chi connectivity index (χ0n) is 16.7. The van der Waals surface area contributed by atoms with Gasteiger partial charge in [-0.2, -0.15) is 0 Å². The number of benzene rings is 2. The van der Waals surface area contributed by atoms with Crippen molar-refractivity contribution >= 4 is 0 Å². The van der Waals surface area contributed by atoms with Gasteiger partial charge in [-0.05, 0) is 105 Å². The quantitative estimate of drug-likeness (QED) is 0.364. The van der Waals surface area contributed by atoms with Gasteiger partial charge >= 0.3 is 0 Å². The Morgan fingerprint density at radius 2 is 1.38 bits per heavy atom. The number of hydrogen-bond acceptors (Lipinski definition) is 0. The molecule has 0 saturated heterocycles. The van der Waals surface area contributed by atoms with Crippen LogP contribution in [0.2, 0.25) is 0 Å². The summed E-state index contributed by atoms with van der Waals surface area (Å²) in [6.07, 6.45) is 8.44. The average molecular weight is 402 g/mol. The average Bonchev–Trinajstić information content (AvgIpc) is 2.70. The molecule has 4 rings (SSSR count). The molecule has 29 heavy (non-hydrogen) atoms. The molecule has 0 amide bonds. The SMILES string of the molecule is C=CC1CCC2CC(c3cc(F)c(-c4cc(F)c(C)c(F)c4)c(F)c3)CCC2C1. The fourth-order valence-corrected chi connectivity index (χ4v) is 5.34. The predicted octanol–water partition coefficient (Wildman–Crippen LogP) is 7.70. The molecule has 2 aliphatic rings. The Morgan fingerprint density at radius 3 is 2.00 bits per heavy atom. The van der Waals surface area contributed by atoms with E-state index in [0.29, 0.717) is 23.3 Å². The van der Waals surface area contributed by atoms with E-state index in [4.69, 9.17) is 0 Å². The van der Waals surface area contributed by atoms with Crippen molar-refractivity contribution in [3.63, 3.8) is 0 Å². The molecule has 0 spiro atoms. The van der Waals surface area contributed by atoms with E-state index in [-0.39, 0.29) is 22.6 Å². The molecular weight excluding hydrogens is 376 g/mol. The molecule has 0 aliphatic heterocycles. The molecule has 2 saturated carbocycles. The minimum absolute atomic E-state index is 0.112. The lowest BCUT2D eigenvalue weighted by Gasteiger charge is -2.41. The van der Waals surface area contributed by atoms with Gasteiger partial charge in [-0.1, -0.05) is 6.08 Å². The van der Waals surface area contributed by atoms with Gasteiger partial charge in [0.1, 0.15) is 23.3 Å². The molecule has 154 valence electrons. The minimum Gasteiger partial charge on any atom is -0.207 e. The third-order valence-corrected chi connectivity index (χ3v) is 7.09. The summed E-state index contributed by atoms with van der Waals surface area (Å²) in [5.41, 5.74) is 0.0144. The van der Waals surface area contributed by atoms with Crippen molar-refractivity contribution in [3.05, 3.63) is 71.3 Å². The van der Waals surface area contributed by atoms with Crippen molar-refractivity contribution in [3.8, 4) is 11.1 Å². The second-order valence-electron chi connectivity index (χ2n) is 8.76. The maximum atomic E-state index is 14.8. The molecule has 0 heterocycles. The molecule has 4 atom stereocenters. The molecule has 4 unspecified atom stereocenters. The van der Waals surface area contributed by atoms with Crippen molar-refractivity contribution in [2.45, 2.75) is 51.4 Å². The van der Waals surface area contributed by atoms with Crippen LogP contribution in [0.5, 0.6) is 0 Å². The molecule has 0 N–H and O–H groups in total. The topological polar surface area (TPSA) is 0 Å². The lowest BCUT2D eigenvalue weighted by atomic mass is 9.64. The van der Waals surface area contributed by atoms with E-state index < -0.39 is 23.3 Å². The summed E-state index contributed by atoms with van der Waals surface area (Å²) in [4.78, 5) is 0. The number of fused-ring (bicyclic) bond motifs is 1. The van der Waals surface area contributed by atoms with Gasteiger partial charge in [0.25, 0.3) is 0 Å². The van der Waals surface area contributed by atoms with Crippen LogP contribution in [0.1, 0.15) is 55.6 Å². The third-order valence-electron chi connectivity index (χ3n) is 7.09. The fraction of sp³-hybridized carbons (Fsp3) is 0.440. The molecule has 4 heteroatoms. The van der Waals surface area contributed by atoms with Gasteiger partial charge in [-0.3, -0.25) is 0 Å². The summed E-state index contributed by atoms with van der Waals surface area (Å²) in [6, 6.07) is 4.69. The first-order valence-corrected chi connectivity index (χ1v) is 10.4. The van der Waals surface area contributed by atoms with Crippen LogP contribution < -0.4 is 0 Å². The van der Waals surface area contributed by atoms with Gasteiger partial charge in [-0.25, -0.2) is 17.6 Å². The lowest BCUT2D eigenvalue weighted by molar-refractivity contribution is 0.133. The van der Waals surface area contributed by atoms with Gasteiger partial charge in [-0.15, -0.1) is 6.58 Å². The first-order valence-electron chi connectivity index (χ1n) is 10.4. The van der Waals surface area contributed by atoms with Crippen LogP contribution in [0, 0.1) is 47.9 Å². The highest BCUT2D eigenvalue weighted by molar-refractivity contribution is 5.66. The molecule has 2 aromatic carbocycles. The van der Waals surface area contributed by atoms with E-state index in [1.807, 2.05) is 0 Å². The maximum absolute atomic E-state index is 14.8. The van der Waals surface area contributed by atoms with Crippen molar-refractivity contribution in [2.24, 2.45) is 17.8 Å². The highest BCUT2D eigenvalue weighted by Crippen LogP contribution is 2.48. The summed E-state index contributed by atoms with van der Waals surface area (Å²) in [6.45, 7) is 5.22. The molecular formula is C25H26F4. The van der Waals surface area contributed by atoms with Crippen molar-refractivity contribution < 1.29 is 17.6 Å². The maximum Gasteiger partial charge on any atom is 0.134 e. The van der Waals surface area contributed by atoms with E-state index in [1.165, 1.54) is 25.5 Å². The molecule has 0 bridgehead atoms. The van der Waals surface area contributed by atoms with Crippen molar-refractivity contribution in [1.82, 2.24) is 0 Å². The van der Waals surface area contributed by atoms with Crippen molar-refractivity contribution in [2.75, 3.05) is 0 Å². The van der Waals surface area contributed by atoms with Gasteiger partial charge < -0.3 is 0 Å². The molecule has 2 fully saturated rings. The van der Waals surface area contributed by atoms with Crippen LogP contribution in [0.15, 0.2) is 36.9 Å². The first kappa shape index (κ1) is 20.2. The van der Waals surface area contributed by atoms with Crippen LogP contribution in [0.25, 0.3) is 11.1 Å². The zero-order chi connectivity index (χ0) is 20.7. The van der Waals surface area contributed by atoms with Gasteiger partial charge in [0.05, 0.1) is 5.56 Å². The highest BCUT2D eigenvalue weighted by atomic mass is 19.1. The van der Waals surface area contributed by atoms with Crippen molar-refractivity contribution in [1.29, 1.82) is 0 Å². The number of hydrogen-bond donors (Lipinski definition) is 0. The highest BCUT2D eigenvalue weighted by Gasteiger charge is 2.35. The summed E-state index contributed by atoms with van der Waals surface area (Å²) >= 11 is 0. The largest absolute Gasteiger partial charge is 0.207 e. The van der Waals surface area contributed by atoms with Crippen LogP contribution >= 0.6 is 0 Å². The van der Waals surface area contributed by atoms with E-state index in [0.717, 1.165) is 44.2 Å². The summed E-state index contributed by atoms with van der Waals surface area (Å²) < 4.78 is 57.5. The van der Waals surface area contributed by atoms with E-state index in [9.17, 15) is 17.6 Å². The summed E-state index contributed by atoms with van der Waals surface area (Å²) in [5, 5.41) is 0. The van der Waals surface area contributed by atoms with E-state index in [2.05, 4.69) is 12.7 Å². The smallest absolute Gasteiger partial charge is 0.134 e. The van der Waals surface area contributed by atoms with Crippen LogP contribution in [0.4, 0.5) is 17.6 Å². The van der Waals surface area contributed by atoms with Crippen LogP contribution in [0.3, 0.4) is 0 Å². The molecule has 2 aliphatic carbocycles. The van der Waals surface area contributed by atoms with Gasteiger partial charge in [0, 0.05) is 5.56 Å². The van der Waals surface area contributed by atoms with Crippen LogP contribution in [-0.4, -0.2) is 0 Å². The monoisotopic (exact) mass is 402 g/mol. The number of rotatable bonds is 3. The fourth-order valence-electron chi connectivity index (χ4n) is 5.34. The Hall–Kier alpha value is -2.10. The number of allylic oxidation sites excluding steroid dienone is 1. The molecule has 0 nitrogen and oxygen atoms in total. The molecule has 2 aromatic rings. The Bertz CT molecular complexity index is 886. The summed E-state index contributed by atoms with van der Waals surface area (Å²) in [7, 11) is 0. The zero-order valence-corrected chi connectivity index (χ0v) is 16.7. The Kier molecular flexibility index (Phi) is 5.54. The summed E-state index contributed by atoms with van der Waals surface area (Å²) in [5.74, 6) is -1.15. The van der Waals surface area contributed by atoms with Gasteiger partial charge in [0.2, 0.25) is 0 Å². The van der Waals surface area contributed by atoms with Crippen LogP contribution in [-0.2, 0) is 0 Å². The first-order chi connectivity index (χ1) is 13.9. The molecule has 0 aromatic heterocycles. The Morgan fingerprint density at radius 1 is 0.793 bits per heavy atom. The van der Waals surface area contributed by atoms with Gasteiger partial charge in [0.15, 0.2) is 0 Å². The normalized spacial score (nSPS) is 26.8. The lowest BCUT2D eigenvalue weighted by Crippen LogP contribution is -2.30. The second kappa shape index (κ2) is 7.97. The predicted molar refractivity (Wildman–Crippen MR) is 108 cm³/mol. The standard InChI is InChI=1S/C25H26F4/c1-3-15-4-5-17-9-18(7-6-16(17)8-15)19-10-23(28)25(24(29)11-19)20-12-21(26)14(2)22(27)13-20/h3,10-13,15-18H,1,4-9H2,2H3. The molecule has 0 radical (unpaired) electrons. The third kappa shape index (κ3) is 3.86. The Balaban J connectivity index is 1.59. The number of halogens is 4.